The predicted octanol–water partition coefficient (Wildman–Crippen LogP) is 4.15. The highest BCUT2D eigenvalue weighted by Gasteiger charge is 2.20. The fraction of sp³-hybridized carbons (Fsp3) is 0.250. The van der Waals surface area contributed by atoms with Gasteiger partial charge in [0.2, 0.25) is 21.1 Å². The number of nitrogens with zero attached hydrogens (tertiary/aromatic N) is 3. The Labute approximate surface area is 188 Å². The molecule has 0 fully saturated rings. The van der Waals surface area contributed by atoms with Gasteiger partial charge in [0.25, 0.3) is 0 Å². The highest BCUT2D eigenvalue weighted by atomic mass is 32.2. The third kappa shape index (κ3) is 7.01. The molecule has 0 aliphatic carbocycles. The minimum atomic E-state index is -3.68. The van der Waals surface area contributed by atoms with E-state index in [1.54, 1.807) is 6.07 Å². The maximum atomic E-state index is 14.0. The summed E-state index contributed by atoms with van der Waals surface area (Å²) in [4.78, 5) is 12.2. The molecule has 164 valence electrons. The Morgan fingerprint density at radius 3 is 2.55 bits per heavy atom. The van der Waals surface area contributed by atoms with Crippen LogP contribution < -0.4 is 9.62 Å². The molecule has 0 aliphatic rings. The minimum absolute atomic E-state index is 0.0124. The van der Waals surface area contributed by atoms with Crippen LogP contribution in [0.15, 0.2) is 58.9 Å². The lowest BCUT2D eigenvalue weighted by Crippen LogP contribution is -2.32. The number of carbonyl (C=O) groups is 1. The van der Waals surface area contributed by atoms with Crippen molar-refractivity contribution in [1.82, 2.24) is 10.2 Å². The molecule has 0 unspecified atom stereocenters. The molecule has 31 heavy (non-hydrogen) atoms. The molecular weight excluding hydrogens is 459 g/mol. The quantitative estimate of drug-likeness (QED) is 0.346. The average Bonchev–Trinajstić information content (AvgIpc) is 3.17. The van der Waals surface area contributed by atoms with Crippen molar-refractivity contribution in [3.8, 4) is 0 Å². The standard InChI is InChI=1S/C20H21FN4O3S3/c1-31(27,28)25(17-11-6-5-10-16(17)21)13-7-12-18(26)22-19-23-24-20(30-19)29-14-15-8-3-2-4-9-15/h2-6,8-11H,7,12-14H2,1H3,(H,22,23,26). The van der Waals surface area contributed by atoms with Gasteiger partial charge in [-0.3, -0.25) is 9.10 Å². The number of para-hydroxylation sites is 1. The van der Waals surface area contributed by atoms with Gasteiger partial charge in [0, 0.05) is 18.7 Å². The number of sulfonamides is 1. The smallest absolute Gasteiger partial charge is 0.232 e. The molecule has 11 heteroatoms. The van der Waals surface area contributed by atoms with Gasteiger partial charge in [0.1, 0.15) is 5.82 Å². The van der Waals surface area contributed by atoms with Crippen molar-refractivity contribution in [2.24, 2.45) is 0 Å². The van der Waals surface area contributed by atoms with E-state index < -0.39 is 15.8 Å². The lowest BCUT2D eigenvalue weighted by Gasteiger charge is -2.22. The van der Waals surface area contributed by atoms with E-state index in [1.165, 1.54) is 46.9 Å². The number of aromatic nitrogens is 2. The van der Waals surface area contributed by atoms with E-state index in [0.717, 1.165) is 20.7 Å². The third-order valence-corrected chi connectivity index (χ3v) is 7.37. The van der Waals surface area contributed by atoms with Gasteiger partial charge in [0.15, 0.2) is 4.34 Å². The van der Waals surface area contributed by atoms with Crippen molar-refractivity contribution in [2.45, 2.75) is 22.9 Å². The predicted molar refractivity (Wildman–Crippen MR) is 122 cm³/mol. The summed E-state index contributed by atoms with van der Waals surface area (Å²) in [6.45, 7) is -0.0124. The zero-order valence-electron chi connectivity index (χ0n) is 16.7. The second-order valence-corrected chi connectivity index (χ2v) is 10.7. The van der Waals surface area contributed by atoms with Gasteiger partial charge in [-0.15, -0.1) is 10.2 Å². The molecule has 1 N–H and O–H groups in total. The second kappa shape index (κ2) is 10.7. The lowest BCUT2D eigenvalue weighted by molar-refractivity contribution is -0.116. The number of thioether (sulfide) groups is 1. The molecule has 1 amide bonds. The first kappa shape index (κ1) is 23.2. The van der Waals surface area contributed by atoms with E-state index >= 15 is 0 Å². The fourth-order valence-corrected chi connectivity index (χ4v) is 5.41. The Morgan fingerprint density at radius 2 is 1.84 bits per heavy atom. The summed E-state index contributed by atoms with van der Waals surface area (Å²) < 4.78 is 39.8. The van der Waals surface area contributed by atoms with Crippen LogP contribution >= 0.6 is 23.1 Å². The van der Waals surface area contributed by atoms with Crippen LogP contribution in [0.3, 0.4) is 0 Å². The van der Waals surface area contributed by atoms with Crippen LogP contribution in [-0.2, 0) is 20.6 Å². The largest absolute Gasteiger partial charge is 0.301 e. The number of anilines is 2. The summed E-state index contributed by atoms with van der Waals surface area (Å²) in [6.07, 6.45) is 1.30. The van der Waals surface area contributed by atoms with Crippen molar-refractivity contribution < 1.29 is 17.6 Å². The zero-order valence-corrected chi connectivity index (χ0v) is 19.1. The third-order valence-electron chi connectivity index (χ3n) is 4.14. The zero-order chi connectivity index (χ0) is 22.3. The maximum Gasteiger partial charge on any atom is 0.232 e. The van der Waals surface area contributed by atoms with Crippen LogP contribution in [-0.4, -0.2) is 37.3 Å². The number of hydrogen-bond acceptors (Lipinski definition) is 7. The highest BCUT2D eigenvalue weighted by Crippen LogP contribution is 2.28. The molecular formula is C20H21FN4O3S3. The molecule has 3 aromatic rings. The van der Waals surface area contributed by atoms with Gasteiger partial charge < -0.3 is 5.32 Å². The monoisotopic (exact) mass is 480 g/mol. The minimum Gasteiger partial charge on any atom is -0.301 e. The van der Waals surface area contributed by atoms with E-state index in [1.807, 2.05) is 30.3 Å². The molecule has 1 heterocycles. The van der Waals surface area contributed by atoms with Crippen LogP contribution in [0.5, 0.6) is 0 Å². The number of nitrogens with one attached hydrogen (secondary N) is 1. The van der Waals surface area contributed by atoms with Gasteiger partial charge in [-0.25, -0.2) is 12.8 Å². The summed E-state index contributed by atoms with van der Waals surface area (Å²) in [5.74, 6) is -0.189. The van der Waals surface area contributed by atoms with Crippen LogP contribution in [0.4, 0.5) is 15.2 Å². The maximum absolute atomic E-state index is 14.0. The van der Waals surface area contributed by atoms with Crippen molar-refractivity contribution in [3.05, 3.63) is 66.0 Å². The summed E-state index contributed by atoms with van der Waals surface area (Å²) in [5, 5.41) is 11.1. The summed E-state index contributed by atoms with van der Waals surface area (Å²) >= 11 is 2.81. The molecule has 0 saturated heterocycles. The molecule has 0 aliphatic heterocycles. The summed E-state index contributed by atoms with van der Waals surface area (Å²) in [7, 11) is -3.68. The normalized spacial score (nSPS) is 11.3. The Hall–Kier alpha value is -2.50. The van der Waals surface area contributed by atoms with Crippen molar-refractivity contribution in [3.63, 3.8) is 0 Å². The first-order valence-corrected chi connectivity index (χ1v) is 13.0. The molecule has 0 radical (unpaired) electrons. The lowest BCUT2D eigenvalue weighted by atomic mass is 10.2. The average molecular weight is 481 g/mol. The number of rotatable bonds is 10. The van der Waals surface area contributed by atoms with Crippen LogP contribution in [0.25, 0.3) is 0 Å². The van der Waals surface area contributed by atoms with E-state index in [4.69, 9.17) is 0 Å². The number of carbonyl (C=O) groups excluding carboxylic acids is 1. The van der Waals surface area contributed by atoms with Gasteiger partial charge >= 0.3 is 0 Å². The topological polar surface area (TPSA) is 92.3 Å². The van der Waals surface area contributed by atoms with Crippen LogP contribution in [0.2, 0.25) is 0 Å². The van der Waals surface area contributed by atoms with Crippen molar-refractivity contribution in [1.29, 1.82) is 0 Å². The Balaban J connectivity index is 1.49. The highest BCUT2D eigenvalue weighted by molar-refractivity contribution is 8.00. The molecule has 0 bridgehead atoms. The Morgan fingerprint density at radius 1 is 1.13 bits per heavy atom. The molecule has 0 atom stereocenters. The second-order valence-electron chi connectivity index (χ2n) is 6.59. The van der Waals surface area contributed by atoms with Gasteiger partial charge in [-0.1, -0.05) is 65.6 Å². The molecule has 0 spiro atoms. The van der Waals surface area contributed by atoms with Crippen molar-refractivity contribution in [2.75, 3.05) is 22.4 Å². The molecule has 0 saturated carbocycles. The van der Waals surface area contributed by atoms with Gasteiger partial charge in [0.05, 0.1) is 11.9 Å². The molecule has 2 aromatic carbocycles. The van der Waals surface area contributed by atoms with E-state index in [0.29, 0.717) is 5.13 Å². The molecule has 1 aromatic heterocycles. The van der Waals surface area contributed by atoms with E-state index in [9.17, 15) is 17.6 Å². The Kier molecular flexibility index (Phi) is 7.99. The first-order valence-electron chi connectivity index (χ1n) is 9.35. The summed E-state index contributed by atoms with van der Waals surface area (Å²) in [6, 6.07) is 15.6. The number of benzene rings is 2. The molecule has 3 rings (SSSR count). The molecule has 7 nitrogen and oxygen atoms in total. The van der Waals surface area contributed by atoms with Crippen LogP contribution in [0.1, 0.15) is 18.4 Å². The first-order chi connectivity index (χ1) is 14.8. The summed E-state index contributed by atoms with van der Waals surface area (Å²) in [5.41, 5.74) is 1.13. The number of hydrogen-bond donors (Lipinski definition) is 1. The van der Waals surface area contributed by atoms with Gasteiger partial charge in [-0.05, 0) is 24.1 Å². The van der Waals surface area contributed by atoms with Crippen LogP contribution in [0, 0.1) is 5.82 Å². The SMILES string of the molecule is CS(=O)(=O)N(CCCC(=O)Nc1nnc(SCc2ccccc2)s1)c1ccccc1F. The number of halogens is 1. The van der Waals surface area contributed by atoms with E-state index in [2.05, 4.69) is 15.5 Å². The Bertz CT molecular complexity index is 1120. The number of amides is 1. The fourth-order valence-electron chi connectivity index (χ4n) is 2.72. The van der Waals surface area contributed by atoms with Gasteiger partial charge in [-0.2, -0.15) is 0 Å². The van der Waals surface area contributed by atoms with E-state index in [-0.39, 0.29) is 31.0 Å². The van der Waals surface area contributed by atoms with Crippen molar-refractivity contribution >= 4 is 49.8 Å².